The molecule has 2 aromatic carbocycles. The second-order valence-electron chi connectivity index (χ2n) is 5.30. The van der Waals surface area contributed by atoms with Crippen molar-refractivity contribution in [2.75, 3.05) is 13.7 Å². The first-order valence-electron chi connectivity index (χ1n) is 6.89. The van der Waals surface area contributed by atoms with Gasteiger partial charge in [-0.2, -0.15) is 0 Å². The van der Waals surface area contributed by atoms with Crippen molar-refractivity contribution in [2.45, 2.75) is 19.5 Å². The Morgan fingerprint density at radius 2 is 2.00 bits per heavy atom. The van der Waals surface area contributed by atoms with E-state index in [1.165, 1.54) is 17.2 Å². The first kappa shape index (κ1) is 13.1. The van der Waals surface area contributed by atoms with Crippen molar-refractivity contribution in [3.63, 3.8) is 0 Å². The minimum Gasteiger partial charge on any atom is -0.493 e. The summed E-state index contributed by atoms with van der Waals surface area (Å²) in [4.78, 5) is 2.12. The summed E-state index contributed by atoms with van der Waals surface area (Å²) in [5.74, 6) is 0.868. The summed E-state index contributed by atoms with van der Waals surface area (Å²) in [5, 5.41) is 0. The lowest BCUT2D eigenvalue weighted by Gasteiger charge is -2.17. The van der Waals surface area contributed by atoms with Crippen LogP contribution in [0.2, 0.25) is 0 Å². The molecular weight excluding hydrogens is 253 g/mol. The Bertz CT molecular complexity index is 612. The third-order valence-corrected chi connectivity index (χ3v) is 3.60. The van der Waals surface area contributed by atoms with Crippen molar-refractivity contribution >= 4 is 0 Å². The molecule has 0 unspecified atom stereocenters. The molecule has 1 heterocycles. The van der Waals surface area contributed by atoms with Crippen LogP contribution in [0.15, 0.2) is 42.5 Å². The van der Waals surface area contributed by atoms with Crippen LogP contribution in [0.3, 0.4) is 0 Å². The summed E-state index contributed by atoms with van der Waals surface area (Å²) in [6.45, 7) is 2.20. The molecule has 0 aromatic heterocycles. The van der Waals surface area contributed by atoms with Crippen molar-refractivity contribution < 1.29 is 9.13 Å². The maximum absolute atomic E-state index is 13.6. The van der Waals surface area contributed by atoms with Gasteiger partial charge in [0, 0.05) is 25.1 Å². The maximum atomic E-state index is 13.6. The SMILES string of the molecule is CN(Cc1ccc2c(c1)CCO2)Cc1ccccc1F. The predicted molar refractivity (Wildman–Crippen MR) is 77.2 cm³/mol. The number of fused-ring (bicyclic) bond motifs is 1. The van der Waals surface area contributed by atoms with Crippen molar-refractivity contribution in [1.82, 2.24) is 4.90 Å². The summed E-state index contributed by atoms with van der Waals surface area (Å²) in [5.41, 5.74) is 3.26. The van der Waals surface area contributed by atoms with Gasteiger partial charge in [0.2, 0.25) is 0 Å². The Hall–Kier alpha value is -1.87. The van der Waals surface area contributed by atoms with Crippen LogP contribution < -0.4 is 4.74 Å². The van der Waals surface area contributed by atoms with Crippen LogP contribution in [0.5, 0.6) is 5.75 Å². The number of benzene rings is 2. The lowest BCUT2D eigenvalue weighted by molar-refractivity contribution is 0.313. The fourth-order valence-electron chi connectivity index (χ4n) is 2.62. The molecule has 0 amide bonds. The summed E-state index contributed by atoms with van der Waals surface area (Å²) < 4.78 is 19.1. The van der Waals surface area contributed by atoms with Crippen LogP contribution in [0.4, 0.5) is 4.39 Å². The zero-order chi connectivity index (χ0) is 13.9. The zero-order valence-electron chi connectivity index (χ0n) is 11.6. The molecule has 1 aliphatic rings. The number of hydrogen-bond donors (Lipinski definition) is 0. The number of nitrogens with zero attached hydrogens (tertiary/aromatic N) is 1. The van der Waals surface area contributed by atoms with E-state index < -0.39 is 0 Å². The van der Waals surface area contributed by atoms with Crippen molar-refractivity contribution in [1.29, 1.82) is 0 Å². The van der Waals surface area contributed by atoms with Gasteiger partial charge in [0.1, 0.15) is 11.6 Å². The van der Waals surface area contributed by atoms with Crippen LogP contribution in [0.1, 0.15) is 16.7 Å². The van der Waals surface area contributed by atoms with Crippen LogP contribution in [0, 0.1) is 5.82 Å². The monoisotopic (exact) mass is 271 g/mol. The topological polar surface area (TPSA) is 12.5 Å². The van der Waals surface area contributed by atoms with E-state index in [0.717, 1.165) is 30.9 Å². The van der Waals surface area contributed by atoms with Crippen LogP contribution in [0.25, 0.3) is 0 Å². The molecule has 0 bridgehead atoms. The van der Waals surface area contributed by atoms with Crippen molar-refractivity contribution in [2.24, 2.45) is 0 Å². The quantitative estimate of drug-likeness (QED) is 0.845. The molecule has 3 heteroatoms. The molecule has 2 nitrogen and oxygen atoms in total. The minimum absolute atomic E-state index is 0.137. The largest absolute Gasteiger partial charge is 0.493 e. The van der Waals surface area contributed by atoms with Gasteiger partial charge in [-0.05, 0) is 30.3 Å². The Morgan fingerprint density at radius 1 is 1.15 bits per heavy atom. The van der Waals surface area contributed by atoms with Crippen LogP contribution in [-0.2, 0) is 19.5 Å². The number of halogens is 1. The van der Waals surface area contributed by atoms with Gasteiger partial charge in [-0.3, -0.25) is 4.90 Å². The predicted octanol–water partition coefficient (Wildman–Crippen LogP) is 3.39. The third-order valence-electron chi connectivity index (χ3n) is 3.60. The van der Waals surface area contributed by atoms with E-state index in [0.29, 0.717) is 6.54 Å². The lowest BCUT2D eigenvalue weighted by Crippen LogP contribution is -2.18. The molecule has 0 atom stereocenters. The molecule has 1 aliphatic heterocycles. The maximum Gasteiger partial charge on any atom is 0.127 e. The van der Waals surface area contributed by atoms with E-state index in [4.69, 9.17) is 4.74 Å². The number of ether oxygens (including phenoxy) is 1. The van der Waals surface area contributed by atoms with Gasteiger partial charge in [0.05, 0.1) is 6.61 Å². The molecule has 0 saturated heterocycles. The van der Waals surface area contributed by atoms with Gasteiger partial charge >= 0.3 is 0 Å². The highest BCUT2D eigenvalue weighted by Gasteiger charge is 2.13. The van der Waals surface area contributed by atoms with Gasteiger partial charge in [-0.1, -0.05) is 30.3 Å². The second kappa shape index (κ2) is 5.63. The van der Waals surface area contributed by atoms with E-state index in [-0.39, 0.29) is 5.82 Å². The van der Waals surface area contributed by atoms with Crippen molar-refractivity contribution in [3.05, 3.63) is 65.0 Å². The average Bonchev–Trinajstić information content (AvgIpc) is 2.89. The standard InChI is InChI=1S/C17H18FNO/c1-19(12-15-4-2-3-5-16(15)18)11-13-6-7-17-14(10-13)8-9-20-17/h2-7,10H,8-9,11-12H2,1H3. The Morgan fingerprint density at radius 3 is 2.85 bits per heavy atom. The minimum atomic E-state index is -0.137. The molecular formula is C17H18FNO. The Kier molecular flexibility index (Phi) is 3.70. The van der Waals surface area contributed by atoms with E-state index in [2.05, 4.69) is 17.0 Å². The van der Waals surface area contributed by atoms with Gasteiger partial charge in [0.25, 0.3) is 0 Å². The number of rotatable bonds is 4. The fourth-order valence-corrected chi connectivity index (χ4v) is 2.62. The van der Waals surface area contributed by atoms with Gasteiger partial charge in [-0.25, -0.2) is 4.39 Å². The molecule has 104 valence electrons. The summed E-state index contributed by atoms with van der Waals surface area (Å²) >= 11 is 0. The molecule has 0 fully saturated rings. The van der Waals surface area contributed by atoms with Crippen molar-refractivity contribution in [3.8, 4) is 5.75 Å². The van der Waals surface area contributed by atoms with Gasteiger partial charge in [0.15, 0.2) is 0 Å². The highest BCUT2D eigenvalue weighted by atomic mass is 19.1. The van der Waals surface area contributed by atoms with E-state index in [1.807, 2.05) is 25.2 Å². The molecule has 0 aliphatic carbocycles. The summed E-state index contributed by atoms with van der Waals surface area (Å²) in [7, 11) is 2.01. The molecule has 0 saturated carbocycles. The third kappa shape index (κ3) is 2.83. The molecule has 20 heavy (non-hydrogen) atoms. The fraction of sp³-hybridized carbons (Fsp3) is 0.294. The van der Waals surface area contributed by atoms with E-state index in [9.17, 15) is 4.39 Å². The second-order valence-corrected chi connectivity index (χ2v) is 5.30. The zero-order valence-corrected chi connectivity index (χ0v) is 11.6. The molecule has 2 aromatic rings. The smallest absolute Gasteiger partial charge is 0.127 e. The van der Waals surface area contributed by atoms with Crippen LogP contribution >= 0.6 is 0 Å². The lowest BCUT2D eigenvalue weighted by atomic mass is 10.1. The Balaban J connectivity index is 1.67. The van der Waals surface area contributed by atoms with Gasteiger partial charge in [-0.15, -0.1) is 0 Å². The van der Waals surface area contributed by atoms with Gasteiger partial charge < -0.3 is 4.74 Å². The normalized spacial score (nSPS) is 13.3. The molecule has 0 N–H and O–H groups in total. The summed E-state index contributed by atoms with van der Waals surface area (Å²) in [6, 6.07) is 13.3. The summed E-state index contributed by atoms with van der Waals surface area (Å²) in [6.07, 6.45) is 0.986. The average molecular weight is 271 g/mol. The highest BCUT2D eigenvalue weighted by Crippen LogP contribution is 2.26. The Labute approximate surface area is 118 Å². The highest BCUT2D eigenvalue weighted by molar-refractivity contribution is 5.39. The molecule has 0 spiro atoms. The first-order chi connectivity index (χ1) is 9.72. The van der Waals surface area contributed by atoms with Crippen LogP contribution in [-0.4, -0.2) is 18.6 Å². The van der Waals surface area contributed by atoms with E-state index >= 15 is 0 Å². The molecule has 0 radical (unpaired) electrons. The number of hydrogen-bond acceptors (Lipinski definition) is 2. The van der Waals surface area contributed by atoms with E-state index in [1.54, 1.807) is 6.07 Å². The molecule has 3 rings (SSSR count). The first-order valence-corrected chi connectivity index (χ1v) is 6.89.